The molecule has 0 spiro atoms. The van der Waals surface area contributed by atoms with E-state index in [4.69, 9.17) is 5.11 Å². The van der Waals surface area contributed by atoms with E-state index in [2.05, 4.69) is 0 Å². The Morgan fingerprint density at radius 3 is 2.20 bits per heavy atom. The van der Waals surface area contributed by atoms with Crippen molar-refractivity contribution in [1.29, 1.82) is 0 Å². The Kier molecular flexibility index (Phi) is 5.06. The fourth-order valence-corrected chi connectivity index (χ4v) is 1.46. The molecule has 0 radical (unpaired) electrons. The molecule has 0 aliphatic rings. The van der Waals surface area contributed by atoms with Crippen LogP contribution in [0.5, 0.6) is 0 Å². The number of hydrogen-bond acceptors (Lipinski definition) is 2. The van der Waals surface area contributed by atoms with Gasteiger partial charge in [0, 0.05) is 0 Å². The molecule has 0 saturated heterocycles. The predicted molar refractivity (Wildman–Crippen MR) is 60.3 cm³/mol. The summed E-state index contributed by atoms with van der Waals surface area (Å²) < 4.78 is 49.0. The van der Waals surface area contributed by atoms with Crippen molar-refractivity contribution in [2.45, 2.75) is 25.1 Å². The summed E-state index contributed by atoms with van der Waals surface area (Å²) in [5, 5.41) is 10.4. The quantitative estimate of drug-likeness (QED) is 0.815. The highest BCUT2D eigenvalue weighted by molar-refractivity contribution is 5.84. The molecule has 8 heteroatoms. The van der Waals surface area contributed by atoms with Gasteiger partial charge in [0.25, 0.3) is 0 Å². The van der Waals surface area contributed by atoms with Crippen molar-refractivity contribution in [3.63, 3.8) is 0 Å². The molecule has 1 rings (SSSR count). The van der Waals surface area contributed by atoms with Crippen LogP contribution < -0.4 is 5.32 Å². The lowest BCUT2D eigenvalue weighted by Crippen LogP contribution is -2.44. The molecule has 2 N–H and O–H groups in total. The first-order valence-electron chi connectivity index (χ1n) is 5.51. The monoisotopic (exact) mass is 293 g/mol. The van der Waals surface area contributed by atoms with Crippen molar-refractivity contribution in [2.75, 3.05) is 0 Å². The van der Waals surface area contributed by atoms with E-state index in [-0.39, 0.29) is 6.42 Å². The van der Waals surface area contributed by atoms with Crippen LogP contribution in [0.25, 0.3) is 0 Å². The lowest BCUT2D eigenvalue weighted by atomic mass is 10.1. The number of amides is 1. The van der Waals surface area contributed by atoms with Crippen LogP contribution in [0.1, 0.15) is 12.0 Å². The Labute approximate surface area is 111 Å². The second kappa shape index (κ2) is 6.36. The molecule has 0 fully saturated rings. The van der Waals surface area contributed by atoms with Crippen molar-refractivity contribution in [3.8, 4) is 0 Å². The van der Waals surface area contributed by atoms with E-state index in [1.165, 1.54) is 12.1 Å². The van der Waals surface area contributed by atoms with Gasteiger partial charge < -0.3 is 10.4 Å². The highest BCUT2D eigenvalue weighted by atomic mass is 19.4. The summed E-state index contributed by atoms with van der Waals surface area (Å²) in [7, 11) is 0. The highest BCUT2D eigenvalue weighted by Gasteiger charge is 2.36. The third-order valence-corrected chi connectivity index (χ3v) is 2.35. The SMILES string of the molecule is O=C(Cc1ccc(F)cc1)NC(CC(F)(F)F)C(=O)O. The first-order chi connectivity index (χ1) is 9.17. The van der Waals surface area contributed by atoms with E-state index in [1.807, 2.05) is 0 Å². The van der Waals surface area contributed by atoms with Gasteiger partial charge in [0.15, 0.2) is 0 Å². The molecular weight excluding hydrogens is 282 g/mol. The number of carbonyl (C=O) groups is 2. The summed E-state index contributed by atoms with van der Waals surface area (Å²) >= 11 is 0. The second-order valence-corrected chi connectivity index (χ2v) is 4.08. The third-order valence-electron chi connectivity index (χ3n) is 2.35. The van der Waals surface area contributed by atoms with E-state index in [0.29, 0.717) is 5.56 Å². The fraction of sp³-hybridized carbons (Fsp3) is 0.333. The van der Waals surface area contributed by atoms with Gasteiger partial charge in [-0.05, 0) is 17.7 Å². The van der Waals surface area contributed by atoms with Crippen molar-refractivity contribution < 1.29 is 32.3 Å². The lowest BCUT2D eigenvalue weighted by Gasteiger charge is -2.16. The number of carboxylic acids is 1. The number of halogens is 4. The number of rotatable bonds is 5. The van der Waals surface area contributed by atoms with Crippen molar-refractivity contribution in [2.24, 2.45) is 0 Å². The Morgan fingerprint density at radius 2 is 1.75 bits per heavy atom. The number of carboxylic acid groups (broad SMARTS) is 1. The van der Waals surface area contributed by atoms with Crippen LogP contribution in [-0.4, -0.2) is 29.2 Å². The normalized spacial score (nSPS) is 12.8. The molecule has 1 aromatic carbocycles. The van der Waals surface area contributed by atoms with E-state index < -0.39 is 36.3 Å². The second-order valence-electron chi connectivity index (χ2n) is 4.08. The summed E-state index contributed by atoms with van der Waals surface area (Å²) in [6.45, 7) is 0. The number of nitrogens with one attached hydrogen (secondary N) is 1. The van der Waals surface area contributed by atoms with Crippen molar-refractivity contribution in [3.05, 3.63) is 35.6 Å². The minimum Gasteiger partial charge on any atom is -0.480 e. The molecule has 1 amide bonds. The molecule has 0 saturated carbocycles. The minimum absolute atomic E-state index is 0.331. The van der Waals surface area contributed by atoms with Gasteiger partial charge in [0.05, 0.1) is 12.8 Å². The van der Waals surface area contributed by atoms with Gasteiger partial charge in [0.2, 0.25) is 5.91 Å². The van der Waals surface area contributed by atoms with E-state index in [1.54, 1.807) is 5.32 Å². The average molecular weight is 293 g/mol. The van der Waals surface area contributed by atoms with Crippen molar-refractivity contribution >= 4 is 11.9 Å². The first-order valence-corrected chi connectivity index (χ1v) is 5.51. The molecule has 110 valence electrons. The summed E-state index contributed by atoms with van der Waals surface area (Å²) in [6.07, 6.45) is -6.69. The number of alkyl halides is 3. The summed E-state index contributed by atoms with van der Waals surface area (Å²) in [6, 6.07) is 2.71. The summed E-state index contributed by atoms with van der Waals surface area (Å²) in [5.41, 5.74) is 0.361. The molecule has 1 aromatic rings. The zero-order valence-corrected chi connectivity index (χ0v) is 10.1. The zero-order chi connectivity index (χ0) is 15.3. The van der Waals surface area contributed by atoms with Gasteiger partial charge in [-0.2, -0.15) is 13.2 Å². The molecular formula is C12H11F4NO3. The maximum absolute atomic E-state index is 12.6. The highest BCUT2D eigenvalue weighted by Crippen LogP contribution is 2.21. The van der Waals surface area contributed by atoms with Gasteiger partial charge in [-0.1, -0.05) is 12.1 Å². The molecule has 0 aliphatic carbocycles. The molecule has 0 heterocycles. The Morgan fingerprint density at radius 1 is 1.20 bits per heavy atom. The van der Waals surface area contributed by atoms with Gasteiger partial charge in [-0.15, -0.1) is 0 Å². The molecule has 4 nitrogen and oxygen atoms in total. The predicted octanol–water partition coefficient (Wildman–Crippen LogP) is 1.89. The Bertz CT molecular complexity index is 484. The molecule has 1 atom stereocenters. The van der Waals surface area contributed by atoms with Crippen LogP contribution in [0, 0.1) is 5.82 Å². The summed E-state index contributed by atoms with van der Waals surface area (Å²) in [4.78, 5) is 22.1. The van der Waals surface area contributed by atoms with Gasteiger partial charge in [-0.25, -0.2) is 9.18 Å². The Hall–Kier alpha value is -2.12. The minimum atomic E-state index is -4.70. The molecule has 0 aliphatic heterocycles. The molecule has 0 bridgehead atoms. The zero-order valence-electron chi connectivity index (χ0n) is 10.1. The van der Waals surface area contributed by atoms with Gasteiger partial charge in [-0.3, -0.25) is 4.79 Å². The van der Waals surface area contributed by atoms with Crippen LogP contribution in [0.3, 0.4) is 0 Å². The molecule has 0 aromatic heterocycles. The van der Waals surface area contributed by atoms with Crippen LogP contribution >= 0.6 is 0 Å². The van der Waals surface area contributed by atoms with E-state index in [9.17, 15) is 27.2 Å². The third kappa shape index (κ3) is 5.68. The van der Waals surface area contributed by atoms with Crippen LogP contribution in [-0.2, 0) is 16.0 Å². The molecule has 1 unspecified atom stereocenters. The molecule has 20 heavy (non-hydrogen) atoms. The number of benzene rings is 1. The van der Waals surface area contributed by atoms with E-state index in [0.717, 1.165) is 12.1 Å². The maximum Gasteiger partial charge on any atom is 0.391 e. The van der Waals surface area contributed by atoms with Gasteiger partial charge in [0.1, 0.15) is 11.9 Å². The standard InChI is InChI=1S/C12H11F4NO3/c13-8-3-1-7(2-4-8)5-10(18)17-9(11(19)20)6-12(14,15)16/h1-4,9H,5-6H2,(H,17,18)(H,19,20). The number of hydrogen-bond donors (Lipinski definition) is 2. The van der Waals surface area contributed by atoms with Crippen LogP contribution in [0.2, 0.25) is 0 Å². The fourth-order valence-electron chi connectivity index (χ4n) is 1.46. The Balaban J connectivity index is 2.62. The van der Waals surface area contributed by atoms with Crippen LogP contribution in [0.4, 0.5) is 17.6 Å². The van der Waals surface area contributed by atoms with Crippen molar-refractivity contribution in [1.82, 2.24) is 5.32 Å². The summed E-state index contributed by atoms with van der Waals surface area (Å²) in [5.74, 6) is -3.17. The largest absolute Gasteiger partial charge is 0.480 e. The number of carbonyl (C=O) groups excluding carboxylic acids is 1. The number of aliphatic carboxylic acids is 1. The lowest BCUT2D eigenvalue weighted by molar-refractivity contribution is -0.159. The van der Waals surface area contributed by atoms with Gasteiger partial charge >= 0.3 is 12.1 Å². The maximum atomic E-state index is 12.6. The average Bonchev–Trinajstić information content (AvgIpc) is 2.29. The van der Waals surface area contributed by atoms with E-state index >= 15 is 0 Å². The first kappa shape index (κ1) is 15.9. The van der Waals surface area contributed by atoms with Crippen LogP contribution in [0.15, 0.2) is 24.3 Å². The smallest absolute Gasteiger partial charge is 0.391 e. The topological polar surface area (TPSA) is 66.4 Å².